The van der Waals surface area contributed by atoms with E-state index in [1.807, 2.05) is 0 Å². The molecule has 0 radical (unpaired) electrons. The predicted molar refractivity (Wildman–Crippen MR) is 116 cm³/mol. The van der Waals surface area contributed by atoms with E-state index in [0.29, 0.717) is 10.4 Å². The number of aromatic nitrogens is 6. The molecule has 0 atom stereocenters. The fraction of sp³-hybridized carbons (Fsp3) is 0.286. The summed E-state index contributed by atoms with van der Waals surface area (Å²) in [5, 5.41) is 23.4. The van der Waals surface area contributed by atoms with Gasteiger partial charge in [-0.3, -0.25) is 4.57 Å². The van der Waals surface area contributed by atoms with Gasteiger partial charge in [-0.15, -0.1) is 10.2 Å². The van der Waals surface area contributed by atoms with Crippen molar-refractivity contribution in [3.8, 4) is 11.7 Å². The summed E-state index contributed by atoms with van der Waals surface area (Å²) in [5.74, 6) is -2.62. The standard InChI is InChI=1S/C21H19F4N7O3/c1-3-31-14(9-33)30-32(20(31)34)18-16(22)12-8-26-29-17(27-13-7-5-4-6-11(13)2)15(12)19(28-18)35-10-21(23,24)25/h4-8,33H,3,9-10H2,1-2H3,(H,27,29). The number of hydrogen-bond donors (Lipinski definition) is 2. The van der Waals surface area contributed by atoms with E-state index in [-0.39, 0.29) is 29.0 Å². The number of benzene rings is 1. The van der Waals surface area contributed by atoms with E-state index in [4.69, 9.17) is 4.74 Å². The number of fused-ring (bicyclic) bond motifs is 1. The predicted octanol–water partition coefficient (Wildman–Crippen LogP) is 3.02. The molecule has 0 amide bonds. The molecule has 184 valence electrons. The number of alkyl halides is 3. The average molecular weight is 493 g/mol. The summed E-state index contributed by atoms with van der Waals surface area (Å²) in [7, 11) is 0. The maximum Gasteiger partial charge on any atom is 0.422 e. The molecule has 4 rings (SSSR count). The fourth-order valence-corrected chi connectivity index (χ4v) is 3.42. The first kappa shape index (κ1) is 24.1. The smallest absolute Gasteiger partial charge is 0.422 e. The lowest BCUT2D eigenvalue weighted by Gasteiger charge is -2.16. The molecule has 2 N–H and O–H groups in total. The molecule has 0 spiro atoms. The molecule has 0 aliphatic carbocycles. The van der Waals surface area contributed by atoms with Gasteiger partial charge >= 0.3 is 11.9 Å². The number of pyridine rings is 1. The number of hydrogen-bond acceptors (Lipinski definition) is 8. The zero-order chi connectivity index (χ0) is 25.3. The van der Waals surface area contributed by atoms with Crippen LogP contribution in [0, 0.1) is 12.7 Å². The Kier molecular flexibility index (Phi) is 6.39. The van der Waals surface area contributed by atoms with Gasteiger partial charge in [0.05, 0.1) is 17.0 Å². The largest absolute Gasteiger partial charge is 0.467 e. The van der Waals surface area contributed by atoms with Crippen LogP contribution in [-0.2, 0) is 13.2 Å². The molecule has 4 aromatic rings. The van der Waals surface area contributed by atoms with Crippen molar-refractivity contribution < 1.29 is 27.4 Å². The number of nitrogens with one attached hydrogen (secondary N) is 1. The third-order valence-electron chi connectivity index (χ3n) is 5.07. The molecule has 0 fully saturated rings. The zero-order valence-electron chi connectivity index (χ0n) is 18.5. The molecule has 0 aliphatic heterocycles. The molecule has 3 heterocycles. The van der Waals surface area contributed by atoms with Crippen molar-refractivity contribution in [3.05, 3.63) is 58.2 Å². The Hall–Kier alpha value is -4.07. The SMILES string of the molecule is CCn1c(CO)nn(-c2nc(OCC(F)(F)F)c3c(Nc4ccccc4C)nncc3c2F)c1=O. The minimum atomic E-state index is -4.72. The fourth-order valence-electron chi connectivity index (χ4n) is 3.42. The van der Waals surface area contributed by atoms with Crippen molar-refractivity contribution in [1.29, 1.82) is 0 Å². The number of aliphatic hydroxyl groups is 1. The van der Waals surface area contributed by atoms with Gasteiger partial charge in [0, 0.05) is 12.2 Å². The van der Waals surface area contributed by atoms with Crippen molar-refractivity contribution in [1.82, 2.24) is 29.5 Å². The Morgan fingerprint density at radius 1 is 1.23 bits per heavy atom. The van der Waals surface area contributed by atoms with E-state index in [0.717, 1.165) is 16.3 Å². The summed E-state index contributed by atoms with van der Waals surface area (Å²) in [5.41, 5.74) is 0.484. The lowest BCUT2D eigenvalue weighted by atomic mass is 10.1. The van der Waals surface area contributed by atoms with Gasteiger partial charge in [-0.25, -0.2) is 9.18 Å². The zero-order valence-corrected chi connectivity index (χ0v) is 18.5. The molecular formula is C21H19F4N7O3. The van der Waals surface area contributed by atoms with Crippen LogP contribution < -0.4 is 15.7 Å². The number of para-hydroxylation sites is 1. The van der Waals surface area contributed by atoms with E-state index in [9.17, 15) is 23.1 Å². The summed E-state index contributed by atoms with van der Waals surface area (Å²) in [6.45, 7) is 1.14. The minimum absolute atomic E-state index is 0.0775. The minimum Gasteiger partial charge on any atom is -0.467 e. The van der Waals surface area contributed by atoms with Crippen molar-refractivity contribution >= 4 is 22.3 Å². The van der Waals surface area contributed by atoms with E-state index < -0.39 is 42.6 Å². The molecule has 0 unspecified atom stereocenters. The van der Waals surface area contributed by atoms with Crippen LogP contribution in [0.15, 0.2) is 35.3 Å². The number of anilines is 2. The Bertz CT molecular complexity index is 1450. The maximum absolute atomic E-state index is 15.6. The molecule has 0 saturated heterocycles. The van der Waals surface area contributed by atoms with Gasteiger partial charge in [0.2, 0.25) is 5.88 Å². The van der Waals surface area contributed by atoms with Crippen LogP contribution in [0.5, 0.6) is 5.88 Å². The summed E-state index contributed by atoms with van der Waals surface area (Å²) < 4.78 is 61.1. The third-order valence-corrected chi connectivity index (χ3v) is 5.07. The van der Waals surface area contributed by atoms with Crippen LogP contribution in [0.2, 0.25) is 0 Å². The Labute approximate surface area is 194 Å². The number of aliphatic hydroxyl groups excluding tert-OH is 1. The molecular weight excluding hydrogens is 474 g/mol. The van der Waals surface area contributed by atoms with Gasteiger partial charge in [0.25, 0.3) is 0 Å². The summed E-state index contributed by atoms with van der Waals surface area (Å²) in [6, 6.07) is 6.99. The monoisotopic (exact) mass is 493 g/mol. The highest BCUT2D eigenvalue weighted by Gasteiger charge is 2.31. The Morgan fingerprint density at radius 3 is 2.60 bits per heavy atom. The molecule has 0 aliphatic rings. The second-order valence-electron chi connectivity index (χ2n) is 7.39. The molecule has 10 nitrogen and oxygen atoms in total. The van der Waals surface area contributed by atoms with Gasteiger partial charge in [0.15, 0.2) is 29.9 Å². The van der Waals surface area contributed by atoms with Gasteiger partial charge in [-0.1, -0.05) is 18.2 Å². The molecule has 0 saturated carbocycles. The van der Waals surface area contributed by atoms with Crippen LogP contribution >= 0.6 is 0 Å². The van der Waals surface area contributed by atoms with Crippen LogP contribution in [0.25, 0.3) is 16.6 Å². The molecule has 35 heavy (non-hydrogen) atoms. The van der Waals surface area contributed by atoms with Crippen molar-refractivity contribution in [2.24, 2.45) is 0 Å². The number of ether oxygens (including phenoxy) is 1. The number of rotatable bonds is 7. The number of nitrogens with zero attached hydrogens (tertiary/aromatic N) is 6. The van der Waals surface area contributed by atoms with Crippen molar-refractivity contribution in [3.63, 3.8) is 0 Å². The maximum atomic E-state index is 15.6. The first-order valence-corrected chi connectivity index (χ1v) is 10.3. The van der Waals surface area contributed by atoms with Crippen LogP contribution in [-0.4, -0.2) is 47.4 Å². The second-order valence-corrected chi connectivity index (χ2v) is 7.39. The van der Waals surface area contributed by atoms with Gasteiger partial charge < -0.3 is 15.2 Å². The summed E-state index contributed by atoms with van der Waals surface area (Å²) in [4.78, 5) is 16.6. The quantitative estimate of drug-likeness (QED) is 0.377. The Balaban J connectivity index is 1.97. The lowest BCUT2D eigenvalue weighted by molar-refractivity contribution is -0.153. The normalized spacial score (nSPS) is 11.7. The molecule has 0 bridgehead atoms. The second kappa shape index (κ2) is 9.29. The van der Waals surface area contributed by atoms with Gasteiger partial charge in [-0.2, -0.15) is 27.9 Å². The number of aryl methyl sites for hydroxylation is 1. The third kappa shape index (κ3) is 4.64. The van der Waals surface area contributed by atoms with Crippen LogP contribution in [0.3, 0.4) is 0 Å². The van der Waals surface area contributed by atoms with E-state index in [2.05, 4.69) is 25.6 Å². The number of halogens is 4. The average Bonchev–Trinajstić information content (AvgIpc) is 3.15. The van der Waals surface area contributed by atoms with E-state index >= 15 is 4.39 Å². The van der Waals surface area contributed by atoms with Crippen LogP contribution in [0.4, 0.5) is 29.1 Å². The molecule has 14 heteroatoms. The lowest BCUT2D eigenvalue weighted by Crippen LogP contribution is -2.26. The summed E-state index contributed by atoms with van der Waals surface area (Å²) in [6.07, 6.45) is -3.74. The van der Waals surface area contributed by atoms with Crippen molar-refractivity contribution in [2.75, 3.05) is 11.9 Å². The topological polar surface area (TPSA) is 120 Å². The highest BCUT2D eigenvalue weighted by Crippen LogP contribution is 2.35. The molecule has 1 aromatic carbocycles. The van der Waals surface area contributed by atoms with Crippen molar-refractivity contribution in [2.45, 2.75) is 33.2 Å². The highest BCUT2D eigenvalue weighted by atomic mass is 19.4. The van der Waals surface area contributed by atoms with Gasteiger partial charge in [0.1, 0.15) is 6.61 Å². The molecule has 3 aromatic heterocycles. The summed E-state index contributed by atoms with van der Waals surface area (Å²) >= 11 is 0. The van der Waals surface area contributed by atoms with Crippen LogP contribution in [0.1, 0.15) is 18.3 Å². The Morgan fingerprint density at radius 2 is 1.97 bits per heavy atom. The van der Waals surface area contributed by atoms with Gasteiger partial charge in [-0.05, 0) is 25.5 Å². The van der Waals surface area contributed by atoms with E-state index in [1.165, 1.54) is 0 Å². The van der Waals surface area contributed by atoms with E-state index in [1.54, 1.807) is 38.1 Å². The first-order valence-electron chi connectivity index (χ1n) is 10.3. The highest BCUT2D eigenvalue weighted by molar-refractivity contribution is 5.97. The first-order chi connectivity index (χ1) is 16.6.